The fourth-order valence-corrected chi connectivity index (χ4v) is 3.00. The van der Waals surface area contributed by atoms with Crippen LogP contribution in [-0.2, 0) is 10.0 Å². The molecule has 3 aromatic rings. The Bertz CT molecular complexity index is 933. The van der Waals surface area contributed by atoms with Crippen molar-refractivity contribution in [2.75, 3.05) is 4.72 Å². The smallest absolute Gasteiger partial charge is 0.263 e. The molecule has 0 saturated heterocycles. The lowest BCUT2D eigenvalue weighted by Crippen LogP contribution is -2.14. The second-order valence-corrected chi connectivity index (χ2v) is 6.67. The molecule has 0 unspecified atom stereocenters. The summed E-state index contributed by atoms with van der Waals surface area (Å²) >= 11 is 0. The highest BCUT2D eigenvalue weighted by Crippen LogP contribution is 2.21. The molecule has 2 heterocycles. The van der Waals surface area contributed by atoms with E-state index in [9.17, 15) is 8.42 Å². The summed E-state index contributed by atoms with van der Waals surface area (Å²) in [5.74, 6) is 1.01. The second-order valence-electron chi connectivity index (χ2n) is 4.99. The Morgan fingerprint density at radius 3 is 2.61 bits per heavy atom. The number of pyridine rings is 1. The molecule has 0 aliphatic rings. The summed E-state index contributed by atoms with van der Waals surface area (Å²) in [6.07, 6.45) is 1.59. The van der Waals surface area contributed by atoms with Crippen LogP contribution in [0.1, 0.15) is 11.5 Å². The van der Waals surface area contributed by atoms with E-state index in [1.807, 2.05) is 6.92 Å². The number of rotatable bonds is 4. The highest BCUT2D eigenvalue weighted by Gasteiger charge is 2.16. The van der Waals surface area contributed by atoms with Crippen molar-refractivity contribution < 1.29 is 12.9 Å². The maximum Gasteiger partial charge on any atom is 0.263 e. The van der Waals surface area contributed by atoms with E-state index >= 15 is 0 Å². The van der Waals surface area contributed by atoms with Gasteiger partial charge in [-0.25, -0.2) is 13.4 Å². The standard InChI is InChI=1S/C15H14N4O3S/c1-10-6-7-14(16-9-10)19-23(20,21)13-5-3-4-12(8-13)15-17-11(2)22-18-15/h3-9H,1-2H3,(H,16,19). The Morgan fingerprint density at radius 2 is 1.96 bits per heavy atom. The van der Waals surface area contributed by atoms with E-state index in [1.54, 1.807) is 37.4 Å². The van der Waals surface area contributed by atoms with Crippen molar-refractivity contribution in [1.29, 1.82) is 0 Å². The van der Waals surface area contributed by atoms with Crippen molar-refractivity contribution in [3.63, 3.8) is 0 Å². The van der Waals surface area contributed by atoms with Gasteiger partial charge in [-0.2, -0.15) is 4.98 Å². The lowest BCUT2D eigenvalue weighted by Gasteiger charge is -2.08. The van der Waals surface area contributed by atoms with Gasteiger partial charge in [0.15, 0.2) is 0 Å². The van der Waals surface area contributed by atoms with E-state index in [-0.39, 0.29) is 10.7 Å². The van der Waals surface area contributed by atoms with Crippen LogP contribution in [0.25, 0.3) is 11.4 Å². The van der Waals surface area contributed by atoms with Gasteiger partial charge < -0.3 is 4.52 Å². The summed E-state index contributed by atoms with van der Waals surface area (Å²) in [7, 11) is -3.75. The molecule has 23 heavy (non-hydrogen) atoms. The Morgan fingerprint density at radius 1 is 1.13 bits per heavy atom. The molecule has 3 rings (SSSR count). The zero-order valence-electron chi connectivity index (χ0n) is 12.5. The van der Waals surface area contributed by atoms with E-state index in [0.717, 1.165) is 5.56 Å². The van der Waals surface area contributed by atoms with E-state index in [0.29, 0.717) is 17.3 Å². The first-order valence-corrected chi connectivity index (χ1v) is 8.28. The number of sulfonamides is 1. The molecule has 1 N–H and O–H groups in total. The summed E-state index contributed by atoms with van der Waals surface area (Å²) in [5.41, 5.74) is 1.50. The molecule has 0 aliphatic carbocycles. The highest BCUT2D eigenvalue weighted by molar-refractivity contribution is 7.92. The summed E-state index contributed by atoms with van der Waals surface area (Å²) in [6.45, 7) is 3.55. The van der Waals surface area contributed by atoms with Crippen molar-refractivity contribution >= 4 is 15.8 Å². The Hall–Kier alpha value is -2.74. The summed E-state index contributed by atoms with van der Waals surface area (Å²) in [5, 5.41) is 3.79. The van der Waals surface area contributed by atoms with E-state index in [2.05, 4.69) is 19.8 Å². The van der Waals surface area contributed by atoms with Crippen LogP contribution in [0, 0.1) is 13.8 Å². The van der Waals surface area contributed by atoms with Gasteiger partial charge in [0.2, 0.25) is 11.7 Å². The zero-order valence-corrected chi connectivity index (χ0v) is 13.3. The maximum absolute atomic E-state index is 12.5. The normalized spacial score (nSPS) is 11.4. The quantitative estimate of drug-likeness (QED) is 0.789. The van der Waals surface area contributed by atoms with Crippen molar-refractivity contribution in [2.24, 2.45) is 0 Å². The topological polar surface area (TPSA) is 98.0 Å². The molecule has 1 aromatic carbocycles. The SMILES string of the molecule is Cc1ccc(NS(=O)(=O)c2cccc(-c3noc(C)n3)c2)nc1. The molecule has 0 atom stereocenters. The van der Waals surface area contributed by atoms with Gasteiger partial charge in [0, 0.05) is 18.7 Å². The second kappa shape index (κ2) is 5.81. The monoisotopic (exact) mass is 330 g/mol. The number of aromatic nitrogens is 3. The van der Waals surface area contributed by atoms with Gasteiger partial charge in [-0.15, -0.1) is 0 Å². The van der Waals surface area contributed by atoms with Crippen molar-refractivity contribution in [1.82, 2.24) is 15.1 Å². The van der Waals surface area contributed by atoms with Crippen LogP contribution >= 0.6 is 0 Å². The fraction of sp³-hybridized carbons (Fsp3) is 0.133. The first kappa shape index (κ1) is 15.2. The molecule has 0 fully saturated rings. The first-order valence-electron chi connectivity index (χ1n) is 6.80. The number of benzene rings is 1. The summed E-state index contributed by atoms with van der Waals surface area (Å²) in [4.78, 5) is 8.23. The van der Waals surface area contributed by atoms with E-state index < -0.39 is 10.0 Å². The minimum atomic E-state index is -3.75. The lowest BCUT2D eigenvalue weighted by molar-refractivity contribution is 0.394. The number of hydrogen-bond donors (Lipinski definition) is 1. The van der Waals surface area contributed by atoms with Gasteiger partial charge in [-0.3, -0.25) is 4.72 Å². The van der Waals surface area contributed by atoms with Crippen molar-refractivity contribution in [3.8, 4) is 11.4 Å². The minimum Gasteiger partial charge on any atom is -0.339 e. The molecule has 7 nitrogen and oxygen atoms in total. The average Bonchev–Trinajstić information content (AvgIpc) is 2.96. The third-order valence-electron chi connectivity index (χ3n) is 3.08. The third-order valence-corrected chi connectivity index (χ3v) is 4.43. The van der Waals surface area contributed by atoms with Gasteiger partial charge in [-0.05, 0) is 30.7 Å². The fourth-order valence-electron chi connectivity index (χ4n) is 1.94. The van der Waals surface area contributed by atoms with Gasteiger partial charge in [0.25, 0.3) is 10.0 Å². The summed E-state index contributed by atoms with van der Waals surface area (Å²) < 4.78 is 32.3. The van der Waals surface area contributed by atoms with E-state index in [4.69, 9.17) is 4.52 Å². The molecule has 0 radical (unpaired) electrons. The molecule has 0 saturated carbocycles. The van der Waals surface area contributed by atoms with E-state index in [1.165, 1.54) is 12.1 Å². The molecular weight excluding hydrogens is 316 g/mol. The summed E-state index contributed by atoms with van der Waals surface area (Å²) in [6, 6.07) is 9.71. The van der Waals surface area contributed by atoms with Gasteiger partial charge in [-0.1, -0.05) is 23.4 Å². The predicted octanol–water partition coefficient (Wildman–Crippen LogP) is 2.55. The van der Waals surface area contributed by atoms with Crippen LogP contribution in [0.3, 0.4) is 0 Å². The molecule has 8 heteroatoms. The minimum absolute atomic E-state index is 0.0971. The number of nitrogens with zero attached hydrogens (tertiary/aromatic N) is 3. The van der Waals surface area contributed by atoms with Crippen molar-refractivity contribution in [3.05, 3.63) is 54.0 Å². The zero-order chi connectivity index (χ0) is 16.4. The Balaban J connectivity index is 1.92. The van der Waals surface area contributed by atoms with Gasteiger partial charge in [0.05, 0.1) is 4.90 Å². The molecule has 0 spiro atoms. The lowest BCUT2D eigenvalue weighted by atomic mass is 10.2. The largest absolute Gasteiger partial charge is 0.339 e. The highest BCUT2D eigenvalue weighted by atomic mass is 32.2. The molecular formula is C15H14N4O3S. The number of aryl methyl sites for hydroxylation is 2. The Labute approximate surface area is 133 Å². The van der Waals surface area contributed by atoms with Crippen LogP contribution in [-0.4, -0.2) is 23.5 Å². The average molecular weight is 330 g/mol. The number of hydrogen-bond acceptors (Lipinski definition) is 6. The van der Waals surface area contributed by atoms with Crippen LogP contribution in [0.15, 0.2) is 52.0 Å². The van der Waals surface area contributed by atoms with Crippen LogP contribution in [0.4, 0.5) is 5.82 Å². The van der Waals surface area contributed by atoms with Crippen LogP contribution in [0.2, 0.25) is 0 Å². The maximum atomic E-state index is 12.5. The van der Waals surface area contributed by atoms with Gasteiger partial charge >= 0.3 is 0 Å². The molecule has 2 aromatic heterocycles. The third kappa shape index (κ3) is 3.37. The molecule has 118 valence electrons. The molecule has 0 aliphatic heterocycles. The van der Waals surface area contributed by atoms with Gasteiger partial charge in [0.1, 0.15) is 5.82 Å². The van der Waals surface area contributed by atoms with Crippen LogP contribution in [0.5, 0.6) is 0 Å². The number of nitrogens with one attached hydrogen (secondary N) is 1. The molecule has 0 bridgehead atoms. The van der Waals surface area contributed by atoms with Crippen LogP contribution < -0.4 is 4.72 Å². The predicted molar refractivity (Wildman–Crippen MR) is 84.3 cm³/mol. The number of anilines is 1. The Kier molecular flexibility index (Phi) is 3.83. The molecule has 0 amide bonds. The first-order chi connectivity index (χ1) is 10.9. The van der Waals surface area contributed by atoms with Crippen molar-refractivity contribution in [2.45, 2.75) is 18.7 Å².